The van der Waals surface area contributed by atoms with Crippen molar-refractivity contribution in [2.24, 2.45) is 5.92 Å². The van der Waals surface area contributed by atoms with Gasteiger partial charge in [-0.05, 0) is 49.8 Å². The Labute approximate surface area is 206 Å². The number of ether oxygens (including phenoxy) is 1. The van der Waals surface area contributed by atoms with Crippen LogP contribution in [0.3, 0.4) is 0 Å². The lowest BCUT2D eigenvalue weighted by Gasteiger charge is -2.17. The number of likely N-dealkylation sites (tertiary alicyclic amines) is 1. The second kappa shape index (κ2) is 11.2. The van der Waals surface area contributed by atoms with Gasteiger partial charge in [0.25, 0.3) is 5.91 Å². The van der Waals surface area contributed by atoms with Crippen LogP contribution in [-0.4, -0.2) is 40.4 Å². The number of hydrazine groups is 1. The Hall–Kier alpha value is -2.98. The van der Waals surface area contributed by atoms with Gasteiger partial charge in [0.2, 0.25) is 11.8 Å². The van der Waals surface area contributed by atoms with Crippen molar-refractivity contribution in [3.8, 4) is 5.75 Å². The highest BCUT2D eigenvalue weighted by molar-refractivity contribution is 9.10. The summed E-state index contributed by atoms with van der Waals surface area (Å²) in [5.41, 5.74) is 6.31. The van der Waals surface area contributed by atoms with Crippen LogP contribution in [0, 0.1) is 5.92 Å². The summed E-state index contributed by atoms with van der Waals surface area (Å²) in [5.74, 6) is -1.03. The number of amides is 3. The zero-order valence-electron chi connectivity index (χ0n) is 18.3. The van der Waals surface area contributed by atoms with Gasteiger partial charge in [-0.1, -0.05) is 46.3 Å². The van der Waals surface area contributed by atoms with Gasteiger partial charge < -0.3 is 9.64 Å². The summed E-state index contributed by atoms with van der Waals surface area (Å²) in [6, 6.07) is 14.7. The quantitative estimate of drug-likeness (QED) is 0.390. The molecule has 1 aliphatic rings. The monoisotopic (exact) mass is 532 g/mol. The Morgan fingerprint density at radius 3 is 2.61 bits per heavy atom. The molecule has 0 aromatic heterocycles. The van der Waals surface area contributed by atoms with Gasteiger partial charge in [-0.25, -0.2) is 0 Å². The van der Waals surface area contributed by atoms with Crippen LogP contribution < -0.4 is 20.9 Å². The third kappa shape index (κ3) is 7.00. The molecule has 10 heteroatoms. The highest BCUT2D eigenvalue weighted by atomic mass is 79.9. The van der Waals surface area contributed by atoms with Gasteiger partial charge in [-0.3, -0.25) is 30.6 Å². The van der Waals surface area contributed by atoms with Crippen LogP contribution in [0.1, 0.15) is 36.2 Å². The summed E-state index contributed by atoms with van der Waals surface area (Å²) in [6.45, 7) is 4.49. The summed E-state index contributed by atoms with van der Waals surface area (Å²) >= 11 is 8.48. The number of hydrogen-bond acceptors (Lipinski definition) is 5. The van der Waals surface area contributed by atoms with Crippen LogP contribution in [-0.2, 0) is 16.1 Å². The number of hydrogen-bond donors (Lipinski definition) is 3. The van der Waals surface area contributed by atoms with Crippen LogP contribution in [0.15, 0.2) is 53.0 Å². The molecule has 0 spiro atoms. The third-order valence-electron chi connectivity index (χ3n) is 4.88. The number of halogens is 1. The first-order valence-corrected chi connectivity index (χ1v) is 11.6. The van der Waals surface area contributed by atoms with Gasteiger partial charge in [0.1, 0.15) is 5.75 Å². The SMILES string of the molecule is CC(C)Oc1ccc(Br)cc1C(=O)NC(=S)NNC(=O)C1CC(=O)N(Cc2ccccc2)C1. The number of carbonyl (C=O) groups is 3. The largest absolute Gasteiger partial charge is 0.490 e. The number of carbonyl (C=O) groups excluding carboxylic acids is 3. The third-order valence-corrected chi connectivity index (χ3v) is 5.57. The average Bonchev–Trinajstić information content (AvgIpc) is 3.14. The molecule has 0 bridgehead atoms. The van der Waals surface area contributed by atoms with Crippen molar-refractivity contribution in [2.45, 2.75) is 32.9 Å². The number of nitrogens with zero attached hydrogens (tertiary/aromatic N) is 1. The first-order chi connectivity index (χ1) is 15.7. The molecule has 8 nitrogen and oxygen atoms in total. The van der Waals surface area contributed by atoms with E-state index in [0.717, 1.165) is 5.56 Å². The molecule has 1 aliphatic heterocycles. The Bertz CT molecular complexity index is 1050. The molecule has 1 heterocycles. The molecular formula is C23H25BrN4O4S. The zero-order chi connectivity index (χ0) is 24.0. The van der Waals surface area contributed by atoms with Crippen molar-refractivity contribution >= 4 is 51.0 Å². The lowest BCUT2D eigenvalue weighted by Crippen LogP contribution is -2.50. The molecule has 0 radical (unpaired) electrons. The standard InChI is InChI=1S/C23H25BrN4O4S/c1-14(2)32-19-9-8-17(24)11-18(19)22(31)25-23(33)27-26-21(30)16-10-20(29)28(13-16)12-15-6-4-3-5-7-15/h3-9,11,14,16H,10,12-13H2,1-2H3,(H,26,30)(H2,25,27,31,33). The summed E-state index contributed by atoms with van der Waals surface area (Å²) < 4.78 is 6.39. The molecule has 1 atom stereocenters. The minimum atomic E-state index is -0.511. The van der Waals surface area contributed by atoms with Gasteiger partial charge in [0.05, 0.1) is 17.6 Å². The van der Waals surface area contributed by atoms with Crippen LogP contribution in [0.2, 0.25) is 0 Å². The minimum absolute atomic E-state index is 0.0747. The van der Waals surface area contributed by atoms with E-state index in [2.05, 4.69) is 32.1 Å². The summed E-state index contributed by atoms with van der Waals surface area (Å²) in [7, 11) is 0. The van der Waals surface area contributed by atoms with E-state index in [1.165, 1.54) is 0 Å². The maximum Gasteiger partial charge on any atom is 0.261 e. The van der Waals surface area contributed by atoms with E-state index in [1.54, 1.807) is 23.1 Å². The van der Waals surface area contributed by atoms with Crippen LogP contribution in [0.4, 0.5) is 0 Å². The Balaban J connectivity index is 1.51. The van der Waals surface area contributed by atoms with E-state index in [1.807, 2.05) is 44.2 Å². The van der Waals surface area contributed by atoms with Crippen LogP contribution >= 0.6 is 28.1 Å². The van der Waals surface area contributed by atoms with Gasteiger partial charge >= 0.3 is 0 Å². The fourth-order valence-electron chi connectivity index (χ4n) is 3.36. The van der Waals surface area contributed by atoms with Crippen molar-refractivity contribution < 1.29 is 19.1 Å². The van der Waals surface area contributed by atoms with E-state index in [9.17, 15) is 14.4 Å². The second-order valence-corrected chi connectivity index (χ2v) is 9.19. The maximum atomic E-state index is 12.7. The lowest BCUT2D eigenvalue weighted by molar-refractivity contribution is -0.129. The Morgan fingerprint density at radius 2 is 1.91 bits per heavy atom. The summed E-state index contributed by atoms with van der Waals surface area (Å²) in [5, 5.41) is 2.45. The summed E-state index contributed by atoms with van der Waals surface area (Å²) in [6.07, 6.45) is 0.00519. The van der Waals surface area contributed by atoms with Crippen LogP contribution in [0.25, 0.3) is 0 Å². The zero-order valence-corrected chi connectivity index (χ0v) is 20.7. The smallest absolute Gasteiger partial charge is 0.261 e. The number of thiocarbonyl (C=S) groups is 1. The molecule has 174 valence electrons. The van der Waals surface area contributed by atoms with E-state index >= 15 is 0 Å². The predicted octanol–water partition coefficient (Wildman–Crippen LogP) is 2.92. The Kier molecular flexibility index (Phi) is 8.40. The summed E-state index contributed by atoms with van der Waals surface area (Å²) in [4.78, 5) is 39.1. The highest BCUT2D eigenvalue weighted by Gasteiger charge is 2.34. The fourth-order valence-corrected chi connectivity index (χ4v) is 3.87. The maximum absolute atomic E-state index is 12.7. The molecule has 2 aromatic rings. The van der Waals surface area contributed by atoms with E-state index < -0.39 is 11.8 Å². The van der Waals surface area contributed by atoms with Crippen molar-refractivity contribution in [1.82, 2.24) is 21.1 Å². The molecule has 1 fully saturated rings. The van der Waals surface area contributed by atoms with E-state index in [-0.39, 0.29) is 29.5 Å². The van der Waals surface area contributed by atoms with Gasteiger partial charge in [0, 0.05) is 24.0 Å². The van der Waals surface area contributed by atoms with Crippen LogP contribution in [0.5, 0.6) is 5.75 Å². The molecular weight excluding hydrogens is 508 g/mol. The number of rotatable bonds is 6. The molecule has 33 heavy (non-hydrogen) atoms. The topological polar surface area (TPSA) is 99.8 Å². The first-order valence-electron chi connectivity index (χ1n) is 10.4. The number of nitrogens with one attached hydrogen (secondary N) is 3. The van der Waals surface area contributed by atoms with E-state index in [0.29, 0.717) is 28.9 Å². The normalized spacial score (nSPS) is 15.3. The van der Waals surface area contributed by atoms with Crippen molar-refractivity contribution in [3.05, 3.63) is 64.1 Å². The second-order valence-electron chi connectivity index (χ2n) is 7.87. The van der Waals surface area contributed by atoms with Crippen molar-refractivity contribution in [2.75, 3.05) is 6.54 Å². The molecule has 3 amide bonds. The average molecular weight is 533 g/mol. The first kappa shape index (κ1) is 24.7. The predicted molar refractivity (Wildman–Crippen MR) is 131 cm³/mol. The van der Waals surface area contributed by atoms with Crippen molar-refractivity contribution in [1.29, 1.82) is 0 Å². The molecule has 0 aliphatic carbocycles. The van der Waals surface area contributed by atoms with Gasteiger partial charge in [-0.2, -0.15) is 0 Å². The van der Waals surface area contributed by atoms with Gasteiger partial charge in [0.15, 0.2) is 5.11 Å². The van der Waals surface area contributed by atoms with Gasteiger partial charge in [-0.15, -0.1) is 0 Å². The molecule has 3 rings (SSSR count). The Morgan fingerprint density at radius 1 is 1.18 bits per heavy atom. The van der Waals surface area contributed by atoms with E-state index in [4.69, 9.17) is 17.0 Å². The minimum Gasteiger partial charge on any atom is -0.490 e. The fraction of sp³-hybridized carbons (Fsp3) is 0.304. The highest BCUT2D eigenvalue weighted by Crippen LogP contribution is 2.24. The molecule has 1 unspecified atom stereocenters. The molecule has 2 aromatic carbocycles. The van der Waals surface area contributed by atoms with Crippen molar-refractivity contribution in [3.63, 3.8) is 0 Å². The lowest BCUT2D eigenvalue weighted by atomic mass is 10.1. The molecule has 3 N–H and O–H groups in total. The molecule has 0 saturated carbocycles. The molecule has 1 saturated heterocycles. The number of benzene rings is 2.